The van der Waals surface area contributed by atoms with Gasteiger partial charge in [0.15, 0.2) is 0 Å². The fraction of sp³-hybridized carbons (Fsp3) is 0.250. The maximum absolute atomic E-state index is 12.5. The highest BCUT2D eigenvalue weighted by Gasteiger charge is 2.24. The van der Waals surface area contributed by atoms with E-state index in [1.54, 1.807) is 12.1 Å². The number of benzene rings is 2. The van der Waals surface area contributed by atoms with Crippen molar-refractivity contribution in [1.82, 2.24) is 15.0 Å². The summed E-state index contributed by atoms with van der Waals surface area (Å²) in [6.45, 7) is 0.300. The van der Waals surface area contributed by atoms with E-state index in [0.717, 1.165) is 29.3 Å². The van der Waals surface area contributed by atoms with Crippen LogP contribution in [0.1, 0.15) is 28.8 Å². The van der Waals surface area contributed by atoms with Gasteiger partial charge in [0.25, 0.3) is 5.91 Å². The van der Waals surface area contributed by atoms with E-state index in [0.29, 0.717) is 18.5 Å². The number of nitrogens with one attached hydrogen (secondary N) is 3. The highest BCUT2D eigenvalue weighted by atomic mass is 32.2. The highest BCUT2D eigenvalue weighted by Crippen LogP contribution is 2.20. The van der Waals surface area contributed by atoms with Gasteiger partial charge in [0.1, 0.15) is 0 Å². The van der Waals surface area contributed by atoms with Crippen LogP contribution in [-0.2, 0) is 16.4 Å². The molecule has 0 aliphatic heterocycles. The molecule has 0 saturated heterocycles. The predicted molar refractivity (Wildman–Crippen MR) is 104 cm³/mol. The molecule has 1 amide bonds. The van der Waals surface area contributed by atoms with Gasteiger partial charge in [-0.3, -0.25) is 4.79 Å². The predicted octanol–water partition coefficient (Wildman–Crippen LogP) is 2.58. The molecule has 3 aromatic rings. The first-order valence-corrected chi connectivity index (χ1v) is 10.5. The maximum Gasteiger partial charge on any atom is 0.251 e. The number of H-pyrrole nitrogens is 1. The molecular formula is C20H21N3O3S. The van der Waals surface area contributed by atoms with Crippen molar-refractivity contribution in [2.24, 2.45) is 0 Å². The minimum Gasteiger partial charge on any atom is -0.361 e. The molecule has 6 nitrogen and oxygen atoms in total. The number of hydrogen-bond acceptors (Lipinski definition) is 3. The lowest BCUT2D eigenvalue weighted by Gasteiger charge is -2.08. The molecule has 27 heavy (non-hydrogen) atoms. The number of carbonyl (C=O) groups excluding carboxylic acids is 1. The van der Waals surface area contributed by atoms with Gasteiger partial charge in [0, 0.05) is 35.2 Å². The van der Waals surface area contributed by atoms with Crippen LogP contribution in [0.15, 0.2) is 59.6 Å². The van der Waals surface area contributed by atoms with Gasteiger partial charge in [0.05, 0.1) is 4.90 Å². The number of aromatic amines is 1. The minimum absolute atomic E-state index is 0.157. The third-order valence-corrected chi connectivity index (χ3v) is 6.18. The summed E-state index contributed by atoms with van der Waals surface area (Å²) in [4.78, 5) is 15.3. The monoisotopic (exact) mass is 383 g/mol. The smallest absolute Gasteiger partial charge is 0.251 e. The molecule has 0 spiro atoms. The Morgan fingerprint density at radius 1 is 1.07 bits per heavy atom. The van der Waals surface area contributed by atoms with E-state index in [4.69, 9.17) is 0 Å². The number of hydrogen-bond donors (Lipinski definition) is 3. The lowest BCUT2D eigenvalue weighted by Crippen LogP contribution is -2.27. The molecule has 4 rings (SSSR count). The number of rotatable bonds is 7. The first-order valence-electron chi connectivity index (χ1n) is 8.98. The Balaban J connectivity index is 1.38. The minimum atomic E-state index is -3.61. The molecule has 1 fully saturated rings. The summed E-state index contributed by atoms with van der Waals surface area (Å²) in [5.41, 5.74) is 2.58. The van der Waals surface area contributed by atoms with Crippen LogP contribution in [0, 0.1) is 0 Å². The zero-order chi connectivity index (χ0) is 18.9. The number of amides is 1. The third kappa shape index (κ3) is 4.04. The van der Waals surface area contributed by atoms with Gasteiger partial charge in [-0.2, -0.15) is 0 Å². The molecular weight excluding hydrogens is 362 g/mol. The molecule has 0 radical (unpaired) electrons. The third-order valence-electron chi connectivity index (χ3n) is 4.70. The summed E-state index contributed by atoms with van der Waals surface area (Å²) >= 11 is 0. The second kappa shape index (κ2) is 7.17. The molecule has 7 heteroatoms. The average molecular weight is 383 g/mol. The molecule has 2 aromatic carbocycles. The zero-order valence-corrected chi connectivity index (χ0v) is 15.6. The second-order valence-corrected chi connectivity index (χ2v) is 8.55. The van der Waals surface area contributed by atoms with Gasteiger partial charge < -0.3 is 10.3 Å². The Bertz CT molecular complexity index is 1070. The fourth-order valence-corrected chi connectivity index (χ4v) is 4.06. The van der Waals surface area contributed by atoms with Crippen molar-refractivity contribution in [3.63, 3.8) is 0 Å². The van der Waals surface area contributed by atoms with Crippen LogP contribution >= 0.6 is 0 Å². The summed E-state index contributed by atoms with van der Waals surface area (Å²) in [6, 6.07) is 14.2. The molecule has 140 valence electrons. The molecule has 0 unspecified atom stereocenters. The number of aromatic nitrogens is 1. The maximum atomic E-state index is 12.5. The van der Waals surface area contributed by atoms with Gasteiger partial charge in [-0.05, 0) is 55.2 Å². The van der Waals surface area contributed by atoms with Gasteiger partial charge in [-0.1, -0.05) is 18.2 Å². The van der Waals surface area contributed by atoms with Crippen molar-refractivity contribution < 1.29 is 13.2 Å². The molecule has 1 aliphatic rings. The van der Waals surface area contributed by atoms with Gasteiger partial charge in [-0.25, -0.2) is 13.1 Å². The van der Waals surface area contributed by atoms with Crippen LogP contribution in [0.25, 0.3) is 10.9 Å². The Labute approximate surface area is 158 Å². The average Bonchev–Trinajstić information content (AvgIpc) is 3.40. The lowest BCUT2D eigenvalue weighted by atomic mass is 10.1. The van der Waals surface area contributed by atoms with Crippen LogP contribution < -0.4 is 10.0 Å². The van der Waals surface area contributed by atoms with Crippen molar-refractivity contribution in [3.05, 3.63) is 65.9 Å². The zero-order valence-electron chi connectivity index (χ0n) is 14.7. The fourth-order valence-electron chi connectivity index (χ4n) is 3.02. The van der Waals surface area contributed by atoms with Crippen LogP contribution in [0.2, 0.25) is 0 Å². The van der Waals surface area contributed by atoms with Crippen molar-refractivity contribution in [1.29, 1.82) is 0 Å². The largest absolute Gasteiger partial charge is 0.361 e. The summed E-state index contributed by atoms with van der Waals surface area (Å²) < 4.78 is 27.6. The van der Waals surface area contributed by atoms with E-state index in [1.165, 1.54) is 12.1 Å². The topological polar surface area (TPSA) is 91.1 Å². The standard InChI is InChI=1S/C20H21N3O3S/c24-20(23-16-7-8-16)14-5-9-17(10-6-14)27(25,26)22-12-11-15-13-21-19-4-2-1-3-18(15)19/h1-6,9-10,13,16,21-22H,7-8,11-12H2,(H,23,24). The number of sulfonamides is 1. The summed E-state index contributed by atoms with van der Waals surface area (Å²) in [6.07, 6.45) is 4.52. The van der Waals surface area contributed by atoms with Gasteiger partial charge in [0.2, 0.25) is 10.0 Å². The van der Waals surface area contributed by atoms with Crippen molar-refractivity contribution in [3.8, 4) is 0 Å². The summed E-state index contributed by atoms with van der Waals surface area (Å²) in [7, 11) is -3.61. The molecule has 1 saturated carbocycles. The summed E-state index contributed by atoms with van der Waals surface area (Å²) in [5.74, 6) is -0.159. The van der Waals surface area contributed by atoms with Crippen LogP contribution in [0.3, 0.4) is 0 Å². The molecule has 3 N–H and O–H groups in total. The summed E-state index contributed by atoms with van der Waals surface area (Å²) in [5, 5.41) is 3.99. The van der Waals surface area contributed by atoms with Crippen LogP contribution in [0.4, 0.5) is 0 Å². The quantitative estimate of drug-likeness (QED) is 0.586. The van der Waals surface area contributed by atoms with E-state index in [-0.39, 0.29) is 16.8 Å². The number of fused-ring (bicyclic) bond motifs is 1. The van der Waals surface area contributed by atoms with Gasteiger partial charge in [-0.15, -0.1) is 0 Å². The normalized spacial score (nSPS) is 14.4. The first-order chi connectivity index (χ1) is 13.0. The second-order valence-electron chi connectivity index (χ2n) is 6.78. The lowest BCUT2D eigenvalue weighted by molar-refractivity contribution is 0.0951. The highest BCUT2D eigenvalue weighted by molar-refractivity contribution is 7.89. The van der Waals surface area contributed by atoms with Crippen LogP contribution in [0.5, 0.6) is 0 Å². The van der Waals surface area contributed by atoms with Crippen molar-refractivity contribution >= 4 is 26.8 Å². The first kappa shape index (κ1) is 17.8. The number of para-hydroxylation sites is 1. The van der Waals surface area contributed by atoms with E-state index >= 15 is 0 Å². The Hall–Kier alpha value is -2.64. The number of carbonyl (C=O) groups is 1. The molecule has 0 bridgehead atoms. The molecule has 1 aromatic heterocycles. The Morgan fingerprint density at radius 3 is 2.56 bits per heavy atom. The van der Waals surface area contributed by atoms with E-state index in [9.17, 15) is 13.2 Å². The Morgan fingerprint density at radius 2 is 1.81 bits per heavy atom. The van der Waals surface area contributed by atoms with E-state index in [1.807, 2.05) is 30.5 Å². The van der Waals surface area contributed by atoms with Crippen molar-refractivity contribution in [2.75, 3.05) is 6.54 Å². The molecule has 0 atom stereocenters. The van der Waals surface area contributed by atoms with Crippen LogP contribution in [-0.4, -0.2) is 31.9 Å². The van der Waals surface area contributed by atoms with E-state index in [2.05, 4.69) is 15.0 Å². The SMILES string of the molecule is O=C(NC1CC1)c1ccc(S(=O)(=O)NCCc2c[nH]c3ccccc23)cc1. The van der Waals surface area contributed by atoms with E-state index < -0.39 is 10.0 Å². The van der Waals surface area contributed by atoms with Gasteiger partial charge >= 0.3 is 0 Å². The molecule has 1 heterocycles. The Kier molecular flexibility index (Phi) is 4.72. The van der Waals surface area contributed by atoms with Crippen molar-refractivity contribution in [2.45, 2.75) is 30.2 Å². The molecule has 1 aliphatic carbocycles.